The first kappa shape index (κ1) is 11.9. The number of rotatable bonds is 2. The summed E-state index contributed by atoms with van der Waals surface area (Å²) in [5, 5.41) is 3.36. The number of nitrogens with zero attached hydrogens (tertiary/aromatic N) is 2. The Bertz CT molecular complexity index is 392. The SMILES string of the molecule is CC1C2CNCC2CN1S(=O)(=O)N1CCCC1. The quantitative estimate of drug-likeness (QED) is 0.751. The van der Waals surface area contributed by atoms with Gasteiger partial charge in [-0.1, -0.05) is 0 Å². The standard InChI is InChI=1S/C11H21N3O2S/c1-9-11-7-12-6-10(11)8-14(9)17(15,16)13-4-2-3-5-13/h9-12H,2-8H2,1H3. The molecule has 3 aliphatic heterocycles. The van der Waals surface area contributed by atoms with Crippen LogP contribution in [0.4, 0.5) is 0 Å². The summed E-state index contributed by atoms with van der Waals surface area (Å²) in [6, 6.07) is 0.153. The van der Waals surface area contributed by atoms with E-state index in [2.05, 4.69) is 12.2 Å². The topological polar surface area (TPSA) is 52.7 Å². The normalized spacial score (nSPS) is 39.9. The van der Waals surface area contributed by atoms with Crippen molar-refractivity contribution in [1.29, 1.82) is 0 Å². The molecule has 17 heavy (non-hydrogen) atoms. The Morgan fingerprint density at radius 3 is 2.53 bits per heavy atom. The molecular weight excluding hydrogens is 238 g/mol. The predicted molar refractivity (Wildman–Crippen MR) is 65.7 cm³/mol. The van der Waals surface area contributed by atoms with E-state index < -0.39 is 10.2 Å². The Morgan fingerprint density at radius 2 is 1.88 bits per heavy atom. The van der Waals surface area contributed by atoms with E-state index >= 15 is 0 Å². The molecule has 0 spiro atoms. The van der Waals surface area contributed by atoms with Gasteiger partial charge in [0.15, 0.2) is 0 Å². The molecule has 3 aliphatic rings. The first-order valence-electron chi connectivity index (χ1n) is 6.58. The first-order chi connectivity index (χ1) is 8.10. The predicted octanol–water partition coefficient (Wildman–Crippen LogP) is -0.133. The summed E-state index contributed by atoms with van der Waals surface area (Å²) in [5.74, 6) is 1.02. The van der Waals surface area contributed by atoms with Crippen molar-refractivity contribution in [2.45, 2.75) is 25.8 Å². The van der Waals surface area contributed by atoms with Crippen LogP contribution in [-0.4, -0.2) is 55.8 Å². The lowest BCUT2D eigenvalue weighted by Gasteiger charge is -2.28. The third-order valence-electron chi connectivity index (χ3n) is 4.57. The van der Waals surface area contributed by atoms with Crippen molar-refractivity contribution in [2.75, 3.05) is 32.7 Å². The van der Waals surface area contributed by atoms with Gasteiger partial charge in [0, 0.05) is 25.7 Å². The summed E-state index contributed by atoms with van der Waals surface area (Å²) < 4.78 is 28.4. The fraction of sp³-hybridized carbons (Fsp3) is 1.00. The van der Waals surface area contributed by atoms with Crippen LogP contribution in [0.25, 0.3) is 0 Å². The molecule has 3 rings (SSSR count). The number of fused-ring (bicyclic) bond motifs is 1. The molecule has 0 radical (unpaired) electrons. The van der Waals surface area contributed by atoms with E-state index in [4.69, 9.17) is 0 Å². The minimum Gasteiger partial charge on any atom is -0.316 e. The molecule has 1 N–H and O–H groups in total. The lowest BCUT2D eigenvalue weighted by molar-refractivity contribution is 0.327. The van der Waals surface area contributed by atoms with Crippen molar-refractivity contribution in [2.24, 2.45) is 11.8 Å². The number of hydrogen-bond acceptors (Lipinski definition) is 3. The van der Waals surface area contributed by atoms with E-state index in [1.807, 2.05) is 0 Å². The molecule has 0 aliphatic carbocycles. The highest BCUT2D eigenvalue weighted by Crippen LogP contribution is 2.35. The second-order valence-electron chi connectivity index (χ2n) is 5.51. The van der Waals surface area contributed by atoms with Crippen LogP contribution in [0, 0.1) is 11.8 Å². The molecule has 0 aromatic rings. The van der Waals surface area contributed by atoms with E-state index in [1.165, 1.54) is 0 Å². The molecule has 3 fully saturated rings. The minimum atomic E-state index is -3.19. The molecule has 0 amide bonds. The van der Waals surface area contributed by atoms with Crippen LogP contribution >= 0.6 is 0 Å². The minimum absolute atomic E-state index is 0.153. The first-order valence-corrected chi connectivity index (χ1v) is 7.98. The summed E-state index contributed by atoms with van der Waals surface area (Å²) >= 11 is 0. The molecule has 0 saturated carbocycles. The van der Waals surface area contributed by atoms with Crippen molar-refractivity contribution in [3.05, 3.63) is 0 Å². The molecule has 3 atom stereocenters. The van der Waals surface area contributed by atoms with Crippen LogP contribution in [0.1, 0.15) is 19.8 Å². The Labute approximate surface area is 103 Å². The van der Waals surface area contributed by atoms with Gasteiger partial charge >= 0.3 is 0 Å². The molecule has 0 aromatic heterocycles. The monoisotopic (exact) mass is 259 g/mol. The zero-order chi connectivity index (χ0) is 12.0. The van der Waals surface area contributed by atoms with Gasteiger partial charge in [-0.2, -0.15) is 17.0 Å². The van der Waals surface area contributed by atoms with E-state index in [0.29, 0.717) is 31.5 Å². The highest BCUT2D eigenvalue weighted by molar-refractivity contribution is 7.86. The third-order valence-corrected chi connectivity index (χ3v) is 6.66. The van der Waals surface area contributed by atoms with Crippen molar-refractivity contribution < 1.29 is 8.42 Å². The Kier molecular flexibility index (Phi) is 2.93. The fourth-order valence-corrected chi connectivity index (χ4v) is 5.47. The van der Waals surface area contributed by atoms with Gasteiger partial charge in [-0.15, -0.1) is 0 Å². The van der Waals surface area contributed by atoms with Crippen LogP contribution < -0.4 is 5.32 Å². The van der Waals surface area contributed by atoms with Gasteiger partial charge in [0.2, 0.25) is 0 Å². The average molecular weight is 259 g/mol. The summed E-state index contributed by atoms with van der Waals surface area (Å²) in [4.78, 5) is 0. The van der Waals surface area contributed by atoms with Crippen molar-refractivity contribution in [1.82, 2.24) is 13.9 Å². The molecule has 3 saturated heterocycles. The van der Waals surface area contributed by atoms with Crippen LogP contribution in [0.5, 0.6) is 0 Å². The number of hydrogen-bond donors (Lipinski definition) is 1. The van der Waals surface area contributed by atoms with E-state index in [0.717, 1.165) is 25.9 Å². The van der Waals surface area contributed by atoms with Gasteiger partial charge in [0.1, 0.15) is 0 Å². The third kappa shape index (κ3) is 1.82. The van der Waals surface area contributed by atoms with Gasteiger partial charge < -0.3 is 5.32 Å². The second kappa shape index (κ2) is 4.19. The van der Waals surface area contributed by atoms with Gasteiger partial charge in [-0.05, 0) is 44.7 Å². The summed E-state index contributed by atoms with van der Waals surface area (Å²) in [6.07, 6.45) is 2.02. The maximum atomic E-state index is 12.5. The van der Waals surface area contributed by atoms with Crippen LogP contribution in [0.15, 0.2) is 0 Å². The maximum absolute atomic E-state index is 12.5. The van der Waals surface area contributed by atoms with Gasteiger partial charge in [0.25, 0.3) is 10.2 Å². The van der Waals surface area contributed by atoms with E-state index in [9.17, 15) is 8.42 Å². The smallest absolute Gasteiger partial charge is 0.282 e. The van der Waals surface area contributed by atoms with Crippen LogP contribution in [0.3, 0.4) is 0 Å². The second-order valence-corrected chi connectivity index (χ2v) is 7.39. The van der Waals surface area contributed by atoms with Crippen LogP contribution in [-0.2, 0) is 10.2 Å². The van der Waals surface area contributed by atoms with Crippen molar-refractivity contribution in [3.8, 4) is 0 Å². The van der Waals surface area contributed by atoms with Gasteiger partial charge in [-0.3, -0.25) is 0 Å². The molecular formula is C11H21N3O2S. The molecule has 3 unspecified atom stereocenters. The van der Waals surface area contributed by atoms with E-state index in [-0.39, 0.29) is 6.04 Å². The molecule has 6 heteroatoms. The number of nitrogens with one attached hydrogen (secondary N) is 1. The van der Waals surface area contributed by atoms with Gasteiger partial charge in [-0.25, -0.2) is 0 Å². The Morgan fingerprint density at radius 1 is 1.18 bits per heavy atom. The summed E-state index contributed by atoms with van der Waals surface area (Å²) in [6.45, 7) is 6.13. The lowest BCUT2D eigenvalue weighted by Crippen LogP contribution is -2.46. The molecule has 0 bridgehead atoms. The summed E-state index contributed by atoms with van der Waals surface area (Å²) in [5.41, 5.74) is 0. The Balaban J connectivity index is 1.80. The molecule has 3 heterocycles. The maximum Gasteiger partial charge on any atom is 0.282 e. The summed E-state index contributed by atoms with van der Waals surface area (Å²) in [7, 11) is -3.19. The zero-order valence-corrected chi connectivity index (χ0v) is 11.1. The average Bonchev–Trinajstić information content (AvgIpc) is 2.96. The highest BCUT2D eigenvalue weighted by atomic mass is 32.2. The van der Waals surface area contributed by atoms with Gasteiger partial charge in [0.05, 0.1) is 0 Å². The van der Waals surface area contributed by atoms with E-state index in [1.54, 1.807) is 8.61 Å². The Hall–Kier alpha value is -0.170. The molecule has 0 aromatic carbocycles. The lowest BCUT2D eigenvalue weighted by atomic mass is 9.95. The largest absolute Gasteiger partial charge is 0.316 e. The van der Waals surface area contributed by atoms with Crippen LogP contribution in [0.2, 0.25) is 0 Å². The van der Waals surface area contributed by atoms with Crippen molar-refractivity contribution >= 4 is 10.2 Å². The highest BCUT2D eigenvalue weighted by Gasteiger charge is 2.48. The molecule has 5 nitrogen and oxygen atoms in total. The fourth-order valence-electron chi connectivity index (χ4n) is 3.50. The van der Waals surface area contributed by atoms with Crippen molar-refractivity contribution in [3.63, 3.8) is 0 Å². The zero-order valence-electron chi connectivity index (χ0n) is 10.3. The molecule has 98 valence electrons.